The lowest BCUT2D eigenvalue weighted by atomic mass is 10.2. The van der Waals surface area contributed by atoms with Gasteiger partial charge < -0.3 is 13.9 Å². The number of methoxy groups -OCH3 is 1. The number of rotatable bonds is 7. The first kappa shape index (κ1) is 19.9. The number of carbonyl (C=O) groups is 1. The summed E-state index contributed by atoms with van der Waals surface area (Å²) in [5, 5.41) is 9.46. The van der Waals surface area contributed by atoms with Gasteiger partial charge in [0, 0.05) is 24.0 Å². The molecule has 0 bridgehead atoms. The van der Waals surface area contributed by atoms with Gasteiger partial charge in [-0.3, -0.25) is 0 Å². The zero-order valence-electron chi connectivity index (χ0n) is 16.2. The molecule has 0 atom stereocenters. The summed E-state index contributed by atoms with van der Waals surface area (Å²) in [5.41, 5.74) is 1.79. The highest BCUT2D eigenvalue weighted by molar-refractivity contribution is 7.89. The third-order valence-corrected chi connectivity index (χ3v) is 6.36. The molecule has 1 aliphatic carbocycles. The topological polar surface area (TPSA) is 110 Å². The number of nitriles is 1. The van der Waals surface area contributed by atoms with Crippen LogP contribution in [0.3, 0.4) is 0 Å². The molecule has 0 spiro atoms. The minimum Gasteiger partial charge on any atom is -0.495 e. The fraction of sp³-hybridized carbons (Fsp3) is 0.238. The van der Waals surface area contributed by atoms with E-state index in [-0.39, 0.29) is 28.9 Å². The normalized spacial score (nSPS) is 13.7. The summed E-state index contributed by atoms with van der Waals surface area (Å²) in [7, 11) is -2.45. The third kappa shape index (κ3) is 3.87. The fourth-order valence-electron chi connectivity index (χ4n) is 3.14. The number of hydrogen-bond donors (Lipinski definition) is 1. The monoisotopic (exact) mass is 425 g/mol. The maximum atomic E-state index is 12.6. The van der Waals surface area contributed by atoms with E-state index < -0.39 is 16.0 Å². The van der Waals surface area contributed by atoms with E-state index in [0.29, 0.717) is 11.1 Å². The van der Waals surface area contributed by atoms with Crippen molar-refractivity contribution in [2.45, 2.75) is 30.4 Å². The molecule has 1 N–H and O–H groups in total. The first-order chi connectivity index (χ1) is 14.4. The predicted molar refractivity (Wildman–Crippen MR) is 108 cm³/mol. The van der Waals surface area contributed by atoms with Gasteiger partial charge in [-0.2, -0.15) is 5.26 Å². The van der Waals surface area contributed by atoms with Gasteiger partial charge in [0.25, 0.3) is 0 Å². The molecule has 3 aromatic rings. The Balaban J connectivity index is 1.57. The zero-order chi connectivity index (χ0) is 21.3. The van der Waals surface area contributed by atoms with Crippen LogP contribution in [0.4, 0.5) is 0 Å². The van der Waals surface area contributed by atoms with E-state index in [0.717, 1.165) is 18.4 Å². The van der Waals surface area contributed by atoms with Gasteiger partial charge in [0.2, 0.25) is 10.0 Å². The molecule has 8 nitrogen and oxygen atoms in total. The first-order valence-corrected chi connectivity index (χ1v) is 10.8. The summed E-state index contributed by atoms with van der Waals surface area (Å²) >= 11 is 0. The van der Waals surface area contributed by atoms with Crippen molar-refractivity contribution < 1.29 is 22.7 Å². The number of fused-ring (bicyclic) bond motifs is 1. The van der Waals surface area contributed by atoms with Crippen LogP contribution in [0.15, 0.2) is 53.7 Å². The van der Waals surface area contributed by atoms with Crippen LogP contribution >= 0.6 is 0 Å². The van der Waals surface area contributed by atoms with Crippen LogP contribution in [0.5, 0.6) is 5.75 Å². The van der Waals surface area contributed by atoms with Crippen LogP contribution in [-0.2, 0) is 21.4 Å². The van der Waals surface area contributed by atoms with E-state index in [2.05, 4.69) is 10.8 Å². The summed E-state index contributed by atoms with van der Waals surface area (Å²) in [6.07, 6.45) is 5.10. The highest BCUT2D eigenvalue weighted by Gasteiger charge is 2.30. The number of carbonyl (C=O) groups excluding carboxylic acids is 1. The predicted octanol–water partition coefficient (Wildman–Crippen LogP) is 2.62. The molecule has 4 rings (SSSR count). The van der Waals surface area contributed by atoms with Gasteiger partial charge in [-0.25, -0.2) is 17.9 Å². The zero-order valence-corrected chi connectivity index (χ0v) is 17.0. The summed E-state index contributed by atoms with van der Waals surface area (Å²) in [4.78, 5) is 12.5. The Kier molecular flexibility index (Phi) is 5.20. The second-order valence-electron chi connectivity index (χ2n) is 6.97. The van der Waals surface area contributed by atoms with Gasteiger partial charge in [0.15, 0.2) is 0 Å². The molecule has 0 unspecified atom stereocenters. The van der Waals surface area contributed by atoms with Crippen molar-refractivity contribution in [3.8, 4) is 11.8 Å². The quantitative estimate of drug-likeness (QED) is 0.583. The van der Waals surface area contributed by atoms with Crippen molar-refractivity contribution in [2.24, 2.45) is 0 Å². The van der Waals surface area contributed by atoms with Crippen LogP contribution in [0, 0.1) is 11.3 Å². The van der Waals surface area contributed by atoms with Crippen molar-refractivity contribution >= 4 is 21.5 Å². The van der Waals surface area contributed by atoms with Crippen LogP contribution in [0.1, 0.15) is 34.3 Å². The molecule has 154 valence electrons. The molecule has 30 heavy (non-hydrogen) atoms. The Labute approximate surface area is 173 Å². The van der Waals surface area contributed by atoms with E-state index in [1.165, 1.54) is 25.3 Å². The molecule has 2 heterocycles. The van der Waals surface area contributed by atoms with E-state index in [4.69, 9.17) is 9.47 Å². The van der Waals surface area contributed by atoms with Crippen LogP contribution < -0.4 is 9.46 Å². The SMILES string of the molecule is COc1ccc(C(=O)OCc2cn3ccccc3c2C#N)cc1S(=O)(=O)NC1CC1. The number of sulfonamides is 1. The van der Waals surface area contributed by atoms with Crippen LogP contribution in [0.2, 0.25) is 0 Å². The van der Waals surface area contributed by atoms with E-state index in [1.807, 2.05) is 12.1 Å². The van der Waals surface area contributed by atoms with Gasteiger partial charge in [0.1, 0.15) is 23.3 Å². The molecule has 1 fully saturated rings. The second kappa shape index (κ2) is 7.82. The van der Waals surface area contributed by atoms with Gasteiger partial charge in [-0.1, -0.05) is 6.07 Å². The Morgan fingerprint density at radius 1 is 1.30 bits per heavy atom. The van der Waals surface area contributed by atoms with E-state index >= 15 is 0 Å². The van der Waals surface area contributed by atoms with Crippen molar-refractivity contribution in [1.29, 1.82) is 5.26 Å². The number of esters is 1. The Hall–Kier alpha value is -3.35. The number of nitrogens with one attached hydrogen (secondary N) is 1. The number of aromatic nitrogens is 1. The maximum Gasteiger partial charge on any atom is 0.338 e. The Morgan fingerprint density at radius 2 is 2.10 bits per heavy atom. The molecular weight excluding hydrogens is 406 g/mol. The largest absolute Gasteiger partial charge is 0.495 e. The van der Waals surface area contributed by atoms with Crippen molar-refractivity contribution in [2.75, 3.05) is 7.11 Å². The summed E-state index contributed by atoms with van der Waals surface area (Å²) in [6.45, 7) is -0.113. The molecule has 0 amide bonds. The Morgan fingerprint density at radius 3 is 2.80 bits per heavy atom. The average molecular weight is 425 g/mol. The smallest absolute Gasteiger partial charge is 0.338 e. The minimum atomic E-state index is -3.82. The summed E-state index contributed by atoms with van der Waals surface area (Å²) in [5.74, 6) is -0.551. The minimum absolute atomic E-state index is 0.0780. The molecule has 1 aliphatic rings. The summed E-state index contributed by atoms with van der Waals surface area (Å²) < 4.78 is 40.1. The molecular formula is C21H19N3O5S. The van der Waals surface area contributed by atoms with Crippen molar-refractivity contribution in [1.82, 2.24) is 9.12 Å². The van der Waals surface area contributed by atoms with Gasteiger partial charge in [-0.15, -0.1) is 0 Å². The molecule has 9 heteroatoms. The van der Waals surface area contributed by atoms with Crippen molar-refractivity contribution in [3.05, 3.63) is 65.5 Å². The molecule has 1 saturated carbocycles. The second-order valence-corrected chi connectivity index (χ2v) is 8.65. The maximum absolute atomic E-state index is 12.6. The number of hydrogen-bond acceptors (Lipinski definition) is 6. The van der Waals surface area contributed by atoms with Gasteiger partial charge in [0.05, 0.1) is 23.8 Å². The first-order valence-electron chi connectivity index (χ1n) is 9.29. The molecule has 2 aromatic heterocycles. The van der Waals surface area contributed by atoms with Gasteiger partial charge >= 0.3 is 5.97 Å². The number of pyridine rings is 1. The summed E-state index contributed by atoms with van der Waals surface area (Å²) in [6, 6.07) is 11.6. The van der Waals surface area contributed by atoms with Crippen LogP contribution in [-0.4, -0.2) is 31.9 Å². The molecule has 1 aromatic carbocycles. The lowest BCUT2D eigenvalue weighted by Crippen LogP contribution is -2.26. The average Bonchev–Trinajstić information content (AvgIpc) is 3.48. The number of nitrogens with zero attached hydrogens (tertiary/aromatic N) is 2. The highest BCUT2D eigenvalue weighted by atomic mass is 32.2. The van der Waals surface area contributed by atoms with Crippen LogP contribution in [0.25, 0.3) is 5.52 Å². The lowest BCUT2D eigenvalue weighted by Gasteiger charge is -2.12. The van der Waals surface area contributed by atoms with Gasteiger partial charge in [-0.05, 0) is 43.2 Å². The molecule has 0 aliphatic heterocycles. The standard InChI is InChI=1S/C21H19N3O5S/c1-28-19-8-5-14(10-20(19)30(26,27)23-16-6-7-16)21(25)29-13-15-12-24-9-3-2-4-18(24)17(15)11-22/h2-5,8-10,12,16,23H,6-7,13H2,1H3. The molecule has 0 saturated heterocycles. The fourth-order valence-corrected chi connectivity index (χ4v) is 4.64. The van der Waals surface area contributed by atoms with E-state index in [1.54, 1.807) is 22.9 Å². The number of benzene rings is 1. The number of ether oxygens (including phenoxy) is 2. The van der Waals surface area contributed by atoms with Crippen molar-refractivity contribution in [3.63, 3.8) is 0 Å². The Bertz CT molecular complexity index is 1270. The lowest BCUT2D eigenvalue weighted by molar-refractivity contribution is 0.0472. The highest BCUT2D eigenvalue weighted by Crippen LogP contribution is 2.29. The van der Waals surface area contributed by atoms with E-state index in [9.17, 15) is 18.5 Å². The molecule has 0 radical (unpaired) electrons. The third-order valence-electron chi connectivity index (χ3n) is 4.82.